The molecule has 0 radical (unpaired) electrons. The van der Waals surface area contributed by atoms with Crippen molar-refractivity contribution in [1.29, 1.82) is 0 Å². The molecule has 2 aromatic carbocycles. The third kappa shape index (κ3) is 6.68. The summed E-state index contributed by atoms with van der Waals surface area (Å²) in [5.74, 6) is 0.141. The summed E-state index contributed by atoms with van der Waals surface area (Å²) in [6.45, 7) is 1.30. The Balaban J connectivity index is 1.37. The SMILES string of the molecule is O=C(NCCCC(=O)N(Cc1cccc(Br)c1)C1CC1)OCc1ccccc1. The molecule has 1 saturated carbocycles. The maximum absolute atomic E-state index is 12.6. The van der Waals surface area contributed by atoms with Crippen LogP contribution in [0.15, 0.2) is 59.1 Å². The van der Waals surface area contributed by atoms with Gasteiger partial charge in [0.05, 0.1) is 0 Å². The lowest BCUT2D eigenvalue weighted by Gasteiger charge is -2.23. The monoisotopic (exact) mass is 444 g/mol. The molecule has 0 aliphatic heterocycles. The average Bonchev–Trinajstić information content (AvgIpc) is 3.53. The second-order valence-electron chi connectivity index (χ2n) is 6.97. The summed E-state index contributed by atoms with van der Waals surface area (Å²) < 4.78 is 6.19. The molecule has 1 aliphatic carbocycles. The second-order valence-corrected chi connectivity index (χ2v) is 7.89. The molecule has 0 aromatic heterocycles. The van der Waals surface area contributed by atoms with E-state index in [-0.39, 0.29) is 12.5 Å². The second kappa shape index (κ2) is 10.3. The molecule has 5 nitrogen and oxygen atoms in total. The van der Waals surface area contributed by atoms with Crippen molar-refractivity contribution in [3.05, 3.63) is 70.2 Å². The fourth-order valence-electron chi connectivity index (χ4n) is 2.99. The minimum Gasteiger partial charge on any atom is -0.445 e. The van der Waals surface area contributed by atoms with Gasteiger partial charge in [-0.1, -0.05) is 58.4 Å². The van der Waals surface area contributed by atoms with Crippen LogP contribution in [-0.2, 0) is 22.7 Å². The summed E-state index contributed by atoms with van der Waals surface area (Å²) in [4.78, 5) is 26.4. The minimum absolute atomic E-state index is 0.141. The number of amides is 2. The number of alkyl carbamates (subject to hydrolysis) is 1. The quantitative estimate of drug-likeness (QED) is 0.572. The zero-order valence-corrected chi connectivity index (χ0v) is 17.4. The minimum atomic E-state index is -0.454. The van der Waals surface area contributed by atoms with E-state index in [1.54, 1.807) is 0 Å². The first kappa shape index (κ1) is 20.4. The number of hydrogen-bond donors (Lipinski definition) is 1. The molecule has 2 amide bonds. The number of benzene rings is 2. The van der Waals surface area contributed by atoms with Gasteiger partial charge >= 0.3 is 6.09 Å². The maximum Gasteiger partial charge on any atom is 0.407 e. The lowest BCUT2D eigenvalue weighted by Crippen LogP contribution is -2.33. The van der Waals surface area contributed by atoms with Crippen LogP contribution in [-0.4, -0.2) is 29.5 Å². The Morgan fingerprint density at radius 3 is 2.54 bits per heavy atom. The number of nitrogens with zero attached hydrogens (tertiary/aromatic N) is 1. The maximum atomic E-state index is 12.6. The molecule has 0 atom stereocenters. The fraction of sp³-hybridized carbons (Fsp3) is 0.364. The van der Waals surface area contributed by atoms with Gasteiger partial charge in [0.15, 0.2) is 0 Å². The summed E-state index contributed by atoms with van der Waals surface area (Å²) in [5, 5.41) is 2.71. The van der Waals surface area contributed by atoms with Gasteiger partial charge in [0.2, 0.25) is 5.91 Å². The molecule has 2 aromatic rings. The van der Waals surface area contributed by atoms with E-state index in [4.69, 9.17) is 4.74 Å². The molecule has 0 unspecified atom stereocenters. The van der Waals surface area contributed by atoms with Gasteiger partial charge in [-0.15, -0.1) is 0 Å². The van der Waals surface area contributed by atoms with Gasteiger partial charge in [0.25, 0.3) is 0 Å². The normalized spacial score (nSPS) is 13.0. The first-order valence-electron chi connectivity index (χ1n) is 9.60. The number of hydrogen-bond acceptors (Lipinski definition) is 3. The van der Waals surface area contributed by atoms with Gasteiger partial charge in [-0.2, -0.15) is 0 Å². The molecular weight excluding hydrogens is 420 g/mol. The van der Waals surface area contributed by atoms with E-state index in [1.807, 2.05) is 59.5 Å². The molecule has 148 valence electrons. The Labute approximate surface area is 174 Å². The van der Waals surface area contributed by atoms with Crippen LogP contribution < -0.4 is 5.32 Å². The zero-order valence-electron chi connectivity index (χ0n) is 15.8. The number of halogens is 1. The van der Waals surface area contributed by atoms with Gasteiger partial charge in [-0.3, -0.25) is 4.79 Å². The van der Waals surface area contributed by atoms with Crippen molar-refractivity contribution in [2.75, 3.05) is 6.54 Å². The number of carbonyl (C=O) groups excluding carboxylic acids is 2. The molecule has 0 saturated heterocycles. The van der Waals surface area contributed by atoms with Crippen molar-refractivity contribution in [2.24, 2.45) is 0 Å². The molecule has 0 spiro atoms. The van der Waals surface area contributed by atoms with E-state index in [0.29, 0.717) is 32.0 Å². The molecular formula is C22H25BrN2O3. The standard InChI is InChI=1S/C22H25BrN2O3/c23-19-9-4-8-18(14-19)15-25(20-11-12-20)21(26)10-5-13-24-22(27)28-16-17-6-2-1-3-7-17/h1-4,6-9,14,20H,5,10-13,15-16H2,(H,24,27). The zero-order chi connectivity index (χ0) is 19.8. The van der Waals surface area contributed by atoms with Crippen LogP contribution in [0.2, 0.25) is 0 Å². The van der Waals surface area contributed by atoms with Crippen molar-refractivity contribution in [3.63, 3.8) is 0 Å². The largest absolute Gasteiger partial charge is 0.445 e. The average molecular weight is 445 g/mol. The Morgan fingerprint density at radius 1 is 1.07 bits per heavy atom. The number of ether oxygens (including phenoxy) is 1. The lowest BCUT2D eigenvalue weighted by atomic mass is 10.2. The molecule has 1 fully saturated rings. The van der Waals surface area contributed by atoms with Crippen molar-refractivity contribution in [1.82, 2.24) is 10.2 Å². The van der Waals surface area contributed by atoms with Crippen molar-refractivity contribution < 1.29 is 14.3 Å². The summed E-state index contributed by atoms with van der Waals surface area (Å²) in [6.07, 6.45) is 2.71. The van der Waals surface area contributed by atoms with Crippen LogP contribution in [0.5, 0.6) is 0 Å². The van der Waals surface area contributed by atoms with Crippen LogP contribution in [0.3, 0.4) is 0 Å². The third-order valence-electron chi connectivity index (χ3n) is 4.60. The molecule has 28 heavy (non-hydrogen) atoms. The number of carbonyl (C=O) groups is 2. The van der Waals surface area contributed by atoms with E-state index in [9.17, 15) is 9.59 Å². The van der Waals surface area contributed by atoms with Crippen LogP contribution in [0.4, 0.5) is 4.79 Å². The van der Waals surface area contributed by atoms with Crippen molar-refractivity contribution in [2.45, 2.75) is 44.9 Å². The molecule has 6 heteroatoms. The topological polar surface area (TPSA) is 58.6 Å². The smallest absolute Gasteiger partial charge is 0.407 e. The summed E-state index contributed by atoms with van der Waals surface area (Å²) in [6, 6.07) is 18.0. The van der Waals surface area contributed by atoms with Crippen molar-refractivity contribution in [3.8, 4) is 0 Å². The summed E-state index contributed by atoms with van der Waals surface area (Å²) in [7, 11) is 0. The van der Waals surface area contributed by atoms with E-state index < -0.39 is 6.09 Å². The molecule has 0 bridgehead atoms. The van der Waals surface area contributed by atoms with Crippen LogP contribution >= 0.6 is 15.9 Å². The highest BCUT2D eigenvalue weighted by Gasteiger charge is 2.32. The van der Waals surface area contributed by atoms with E-state index in [0.717, 1.165) is 28.4 Å². The molecule has 0 heterocycles. The lowest BCUT2D eigenvalue weighted by molar-refractivity contribution is -0.132. The van der Waals surface area contributed by atoms with Gasteiger partial charge in [0, 0.05) is 30.0 Å². The van der Waals surface area contributed by atoms with Gasteiger partial charge in [-0.25, -0.2) is 4.79 Å². The summed E-state index contributed by atoms with van der Waals surface area (Å²) >= 11 is 3.48. The number of nitrogens with one attached hydrogen (secondary N) is 1. The van der Waals surface area contributed by atoms with Gasteiger partial charge < -0.3 is 15.0 Å². The predicted molar refractivity (Wildman–Crippen MR) is 112 cm³/mol. The Bertz CT molecular complexity index is 793. The third-order valence-corrected chi connectivity index (χ3v) is 5.09. The molecule has 1 aliphatic rings. The highest BCUT2D eigenvalue weighted by Crippen LogP contribution is 2.29. The highest BCUT2D eigenvalue weighted by molar-refractivity contribution is 9.10. The van der Waals surface area contributed by atoms with E-state index in [1.165, 1.54) is 0 Å². The first-order chi connectivity index (χ1) is 13.6. The fourth-order valence-corrected chi connectivity index (χ4v) is 3.43. The van der Waals surface area contributed by atoms with Crippen LogP contribution in [0.1, 0.15) is 36.8 Å². The molecule has 1 N–H and O–H groups in total. The van der Waals surface area contributed by atoms with Crippen molar-refractivity contribution >= 4 is 27.9 Å². The summed E-state index contributed by atoms with van der Waals surface area (Å²) in [5.41, 5.74) is 2.07. The van der Waals surface area contributed by atoms with Gasteiger partial charge in [0.1, 0.15) is 6.61 Å². The Kier molecular flexibility index (Phi) is 7.48. The van der Waals surface area contributed by atoms with Crippen LogP contribution in [0, 0.1) is 0 Å². The Morgan fingerprint density at radius 2 is 1.82 bits per heavy atom. The first-order valence-corrected chi connectivity index (χ1v) is 10.4. The Hall–Kier alpha value is -2.34. The van der Waals surface area contributed by atoms with Gasteiger partial charge in [-0.05, 0) is 42.5 Å². The van der Waals surface area contributed by atoms with E-state index in [2.05, 4.69) is 21.2 Å². The highest BCUT2D eigenvalue weighted by atomic mass is 79.9. The number of rotatable bonds is 9. The predicted octanol–water partition coefficient (Wildman–Crippen LogP) is 4.65. The van der Waals surface area contributed by atoms with Crippen LogP contribution in [0.25, 0.3) is 0 Å². The molecule has 3 rings (SSSR count). The van der Waals surface area contributed by atoms with E-state index >= 15 is 0 Å².